The van der Waals surface area contributed by atoms with E-state index < -0.39 is 0 Å². The van der Waals surface area contributed by atoms with Gasteiger partial charge in [0.2, 0.25) is 0 Å². The third kappa shape index (κ3) is 3.91. The zero-order chi connectivity index (χ0) is 15.4. The predicted molar refractivity (Wildman–Crippen MR) is 82.2 cm³/mol. The number of nitrogens with one attached hydrogen (secondary N) is 1. The highest BCUT2D eigenvalue weighted by Crippen LogP contribution is 2.23. The average molecular weight is 294 g/mol. The van der Waals surface area contributed by atoms with E-state index in [-0.39, 0.29) is 12.4 Å². The fraction of sp³-hybridized carbons (Fsp3) is 0.667. The Balaban J connectivity index is 1.95. The summed E-state index contributed by atoms with van der Waals surface area (Å²) in [6.07, 6.45) is 1.63. The quantitative estimate of drug-likeness (QED) is 0.706. The number of aryl methyl sites for hydroxylation is 1. The SMILES string of the molecule is Cc1ncc(CO)c(CNCC2CN(C)CCN2C)c1O. The largest absolute Gasteiger partial charge is 0.506 e. The Morgan fingerprint density at radius 3 is 2.86 bits per heavy atom. The molecule has 0 aliphatic carbocycles. The Labute approximate surface area is 126 Å². The van der Waals surface area contributed by atoms with Gasteiger partial charge in [0.05, 0.1) is 12.3 Å². The number of nitrogens with zero attached hydrogens (tertiary/aromatic N) is 3. The second-order valence-electron chi connectivity index (χ2n) is 5.88. The summed E-state index contributed by atoms with van der Waals surface area (Å²) in [5, 5.41) is 22.9. The molecular formula is C15H26N4O2. The average Bonchev–Trinajstić information content (AvgIpc) is 2.47. The smallest absolute Gasteiger partial charge is 0.141 e. The van der Waals surface area contributed by atoms with Crippen molar-refractivity contribution in [2.24, 2.45) is 0 Å². The van der Waals surface area contributed by atoms with E-state index in [1.807, 2.05) is 0 Å². The normalized spacial score (nSPS) is 20.9. The molecule has 2 rings (SSSR count). The molecule has 2 heterocycles. The molecule has 0 aromatic carbocycles. The van der Waals surface area contributed by atoms with Gasteiger partial charge in [0.15, 0.2) is 0 Å². The predicted octanol–water partition coefficient (Wildman–Crippen LogP) is -0.0767. The highest BCUT2D eigenvalue weighted by atomic mass is 16.3. The third-order valence-corrected chi connectivity index (χ3v) is 4.26. The second kappa shape index (κ2) is 7.17. The van der Waals surface area contributed by atoms with Gasteiger partial charge in [0.1, 0.15) is 5.75 Å². The number of rotatable bonds is 5. The van der Waals surface area contributed by atoms with Crippen LogP contribution in [0.1, 0.15) is 16.8 Å². The summed E-state index contributed by atoms with van der Waals surface area (Å²) in [5.74, 6) is 0.183. The Bertz CT molecular complexity index is 481. The van der Waals surface area contributed by atoms with Crippen molar-refractivity contribution in [3.05, 3.63) is 23.0 Å². The number of aliphatic hydroxyl groups is 1. The number of hydrogen-bond acceptors (Lipinski definition) is 6. The molecule has 1 aromatic heterocycles. The van der Waals surface area contributed by atoms with Gasteiger partial charge in [-0.2, -0.15) is 0 Å². The fourth-order valence-corrected chi connectivity index (χ4v) is 2.70. The van der Waals surface area contributed by atoms with Crippen LogP contribution in [0.15, 0.2) is 6.20 Å². The summed E-state index contributed by atoms with van der Waals surface area (Å²) in [5.41, 5.74) is 2.02. The van der Waals surface area contributed by atoms with Crippen molar-refractivity contribution in [3.63, 3.8) is 0 Å². The van der Waals surface area contributed by atoms with Crippen LogP contribution in [-0.4, -0.2) is 71.3 Å². The Morgan fingerprint density at radius 2 is 2.14 bits per heavy atom. The summed E-state index contributed by atoms with van der Waals surface area (Å²) in [7, 11) is 4.29. The number of pyridine rings is 1. The van der Waals surface area contributed by atoms with Gasteiger partial charge in [-0.05, 0) is 21.0 Å². The number of likely N-dealkylation sites (N-methyl/N-ethyl adjacent to an activating group) is 2. The van der Waals surface area contributed by atoms with Crippen molar-refractivity contribution in [2.75, 3.05) is 40.3 Å². The van der Waals surface area contributed by atoms with Crippen LogP contribution >= 0.6 is 0 Å². The van der Waals surface area contributed by atoms with Crippen molar-refractivity contribution in [1.82, 2.24) is 20.1 Å². The van der Waals surface area contributed by atoms with Crippen molar-refractivity contribution in [1.29, 1.82) is 0 Å². The maximum Gasteiger partial charge on any atom is 0.141 e. The van der Waals surface area contributed by atoms with Crippen molar-refractivity contribution < 1.29 is 10.2 Å². The summed E-state index contributed by atoms with van der Waals surface area (Å²) < 4.78 is 0. The summed E-state index contributed by atoms with van der Waals surface area (Å²) in [6.45, 7) is 6.27. The lowest BCUT2D eigenvalue weighted by Crippen LogP contribution is -2.53. The molecule has 1 aliphatic heterocycles. The monoisotopic (exact) mass is 294 g/mol. The fourth-order valence-electron chi connectivity index (χ4n) is 2.70. The molecule has 0 radical (unpaired) electrons. The minimum atomic E-state index is -0.107. The van der Waals surface area contributed by atoms with Crippen LogP contribution in [0.25, 0.3) is 0 Å². The van der Waals surface area contributed by atoms with E-state index in [9.17, 15) is 10.2 Å². The first-order chi connectivity index (χ1) is 10.0. The molecule has 6 heteroatoms. The van der Waals surface area contributed by atoms with Gasteiger partial charge in [-0.25, -0.2) is 0 Å². The molecule has 0 amide bonds. The van der Waals surface area contributed by atoms with Crippen LogP contribution in [0.5, 0.6) is 5.75 Å². The molecule has 6 nitrogen and oxygen atoms in total. The molecule has 0 bridgehead atoms. The van der Waals surface area contributed by atoms with Crippen molar-refractivity contribution >= 4 is 0 Å². The van der Waals surface area contributed by atoms with Gasteiger partial charge in [0.25, 0.3) is 0 Å². The minimum absolute atomic E-state index is 0.107. The van der Waals surface area contributed by atoms with Crippen molar-refractivity contribution in [2.45, 2.75) is 26.1 Å². The van der Waals surface area contributed by atoms with E-state index in [0.29, 0.717) is 23.8 Å². The number of aromatic nitrogens is 1. The van der Waals surface area contributed by atoms with Crippen LogP contribution < -0.4 is 5.32 Å². The summed E-state index contributed by atoms with van der Waals surface area (Å²) >= 11 is 0. The van der Waals surface area contributed by atoms with Gasteiger partial charge >= 0.3 is 0 Å². The van der Waals surface area contributed by atoms with E-state index in [1.165, 1.54) is 0 Å². The number of piperazine rings is 1. The summed E-state index contributed by atoms with van der Waals surface area (Å²) in [6, 6.07) is 0.464. The molecule has 1 aromatic rings. The molecule has 0 spiro atoms. The molecule has 1 saturated heterocycles. The van der Waals surface area contributed by atoms with Gasteiger partial charge in [-0.1, -0.05) is 0 Å². The van der Waals surface area contributed by atoms with Crippen LogP contribution in [0.3, 0.4) is 0 Å². The van der Waals surface area contributed by atoms with Crippen LogP contribution in [0.4, 0.5) is 0 Å². The first-order valence-corrected chi connectivity index (χ1v) is 7.39. The Kier molecular flexibility index (Phi) is 5.52. The number of aliphatic hydroxyl groups excluding tert-OH is 1. The van der Waals surface area contributed by atoms with Crippen molar-refractivity contribution in [3.8, 4) is 5.75 Å². The van der Waals surface area contributed by atoms with Crippen LogP contribution in [-0.2, 0) is 13.2 Å². The highest BCUT2D eigenvalue weighted by Gasteiger charge is 2.21. The van der Waals surface area contributed by atoms with E-state index in [1.54, 1.807) is 13.1 Å². The van der Waals surface area contributed by atoms with Gasteiger partial charge < -0.3 is 20.4 Å². The molecule has 0 saturated carbocycles. The lowest BCUT2D eigenvalue weighted by Gasteiger charge is -2.37. The van der Waals surface area contributed by atoms with E-state index in [2.05, 4.69) is 34.2 Å². The van der Waals surface area contributed by atoms with Gasteiger partial charge in [0, 0.05) is 56.1 Å². The van der Waals surface area contributed by atoms with E-state index in [0.717, 1.165) is 31.7 Å². The standard InChI is InChI=1S/C15H26N4O2/c1-11-15(21)14(12(10-20)6-17-11)8-16-7-13-9-18(2)4-5-19(13)3/h6,13,16,20-21H,4-5,7-10H2,1-3H3. The maximum atomic E-state index is 10.1. The first kappa shape index (κ1) is 16.2. The molecule has 21 heavy (non-hydrogen) atoms. The second-order valence-corrected chi connectivity index (χ2v) is 5.88. The third-order valence-electron chi connectivity index (χ3n) is 4.26. The topological polar surface area (TPSA) is 71.9 Å². The highest BCUT2D eigenvalue weighted by molar-refractivity contribution is 5.40. The zero-order valence-electron chi connectivity index (χ0n) is 13.1. The lowest BCUT2D eigenvalue weighted by atomic mass is 10.1. The molecule has 1 fully saturated rings. The molecular weight excluding hydrogens is 268 g/mol. The molecule has 118 valence electrons. The van der Waals surface area contributed by atoms with Crippen LogP contribution in [0, 0.1) is 6.92 Å². The zero-order valence-corrected chi connectivity index (χ0v) is 13.1. The van der Waals surface area contributed by atoms with Crippen LogP contribution in [0.2, 0.25) is 0 Å². The first-order valence-electron chi connectivity index (χ1n) is 7.39. The number of hydrogen-bond donors (Lipinski definition) is 3. The summed E-state index contributed by atoms with van der Waals surface area (Å²) in [4.78, 5) is 8.77. The Morgan fingerprint density at radius 1 is 1.38 bits per heavy atom. The van der Waals surface area contributed by atoms with E-state index >= 15 is 0 Å². The maximum absolute atomic E-state index is 10.1. The lowest BCUT2D eigenvalue weighted by molar-refractivity contribution is 0.113. The molecule has 3 N–H and O–H groups in total. The molecule has 1 unspecified atom stereocenters. The minimum Gasteiger partial charge on any atom is -0.506 e. The molecule has 1 aliphatic rings. The Hall–Kier alpha value is -1.21. The van der Waals surface area contributed by atoms with Gasteiger partial charge in [-0.3, -0.25) is 9.88 Å². The van der Waals surface area contributed by atoms with Gasteiger partial charge in [-0.15, -0.1) is 0 Å². The van der Waals surface area contributed by atoms with E-state index in [4.69, 9.17) is 0 Å². The molecule has 1 atom stereocenters. The number of aromatic hydroxyl groups is 1.